The van der Waals surface area contributed by atoms with Crippen LogP contribution in [0.25, 0.3) is 5.95 Å². The molecule has 0 spiro atoms. The van der Waals surface area contributed by atoms with E-state index in [1.807, 2.05) is 31.2 Å². The van der Waals surface area contributed by atoms with Crippen molar-refractivity contribution < 1.29 is 4.79 Å². The van der Waals surface area contributed by atoms with Gasteiger partial charge in [-0.15, -0.1) is 0 Å². The third-order valence-electron chi connectivity index (χ3n) is 4.12. The Kier molecular flexibility index (Phi) is 3.54. The molecule has 24 heavy (non-hydrogen) atoms. The zero-order valence-corrected chi connectivity index (χ0v) is 13.7. The maximum Gasteiger partial charge on any atom is 0.252 e. The molecule has 0 bridgehead atoms. The molecule has 0 saturated carbocycles. The number of nitrogens with one attached hydrogen (secondary N) is 1. The van der Waals surface area contributed by atoms with Gasteiger partial charge < -0.3 is 5.32 Å². The van der Waals surface area contributed by atoms with Crippen molar-refractivity contribution in [1.29, 1.82) is 0 Å². The van der Waals surface area contributed by atoms with E-state index in [1.54, 1.807) is 23.1 Å². The fraction of sp³-hybridized carbons (Fsp3) is 0.176. The molecule has 120 valence electrons. The zero-order chi connectivity index (χ0) is 16.7. The predicted octanol–water partition coefficient (Wildman–Crippen LogP) is 3.10. The lowest BCUT2D eigenvalue weighted by Gasteiger charge is -2.24. The van der Waals surface area contributed by atoms with Crippen molar-refractivity contribution in [3.8, 4) is 5.95 Å². The molecule has 7 heteroatoms. The first-order chi connectivity index (χ1) is 11.6. The minimum atomic E-state index is -0.0662. The number of amides is 1. The number of rotatable bonds is 2. The summed E-state index contributed by atoms with van der Waals surface area (Å²) in [5.74, 6) is 0.941. The number of hydrogen-bond acceptors (Lipinski definition) is 4. The van der Waals surface area contributed by atoms with Crippen molar-refractivity contribution in [2.24, 2.45) is 0 Å². The van der Waals surface area contributed by atoms with Crippen LogP contribution in [0.3, 0.4) is 0 Å². The molecule has 6 nitrogen and oxygen atoms in total. The van der Waals surface area contributed by atoms with Gasteiger partial charge in [0.2, 0.25) is 5.91 Å². The smallest absolute Gasteiger partial charge is 0.252 e. The van der Waals surface area contributed by atoms with Crippen LogP contribution in [0.5, 0.6) is 0 Å². The summed E-state index contributed by atoms with van der Waals surface area (Å²) in [6.45, 7) is 1.93. The lowest BCUT2D eigenvalue weighted by Crippen LogP contribution is -2.25. The van der Waals surface area contributed by atoms with Crippen molar-refractivity contribution >= 4 is 23.3 Å². The molecule has 1 amide bonds. The van der Waals surface area contributed by atoms with Crippen molar-refractivity contribution in [2.75, 3.05) is 5.32 Å². The molecule has 1 aromatic carbocycles. The average Bonchev–Trinajstić information content (AvgIpc) is 2.92. The first-order valence-electron chi connectivity index (χ1n) is 7.55. The second-order valence-corrected chi connectivity index (χ2v) is 6.10. The molecule has 3 aromatic rings. The summed E-state index contributed by atoms with van der Waals surface area (Å²) in [7, 11) is 0. The van der Waals surface area contributed by atoms with E-state index in [1.165, 1.54) is 0 Å². The number of carbonyl (C=O) groups excluding carboxylic acids is 1. The Morgan fingerprint density at radius 2 is 1.92 bits per heavy atom. The maximum atomic E-state index is 12.3. The first kappa shape index (κ1) is 14.8. The summed E-state index contributed by atoms with van der Waals surface area (Å²) in [6, 6.07) is 9.31. The van der Waals surface area contributed by atoms with E-state index in [2.05, 4.69) is 20.4 Å². The Balaban J connectivity index is 1.87. The number of aromatic nitrogens is 4. The molecule has 1 aliphatic rings. The quantitative estimate of drug-likeness (QED) is 0.778. The molecule has 4 rings (SSSR count). The Hall–Kier alpha value is -2.73. The van der Waals surface area contributed by atoms with Crippen molar-refractivity contribution in [2.45, 2.75) is 19.3 Å². The van der Waals surface area contributed by atoms with Gasteiger partial charge in [0.25, 0.3) is 5.95 Å². The van der Waals surface area contributed by atoms with Gasteiger partial charge in [-0.1, -0.05) is 23.7 Å². The van der Waals surface area contributed by atoms with Crippen LogP contribution in [0.2, 0.25) is 5.02 Å². The van der Waals surface area contributed by atoms with Crippen molar-refractivity contribution in [3.05, 3.63) is 64.6 Å². The summed E-state index contributed by atoms with van der Waals surface area (Å²) < 4.78 is 1.59. The molecule has 3 heterocycles. The van der Waals surface area contributed by atoms with Gasteiger partial charge in [0.05, 0.1) is 5.69 Å². The van der Waals surface area contributed by atoms with Gasteiger partial charge in [0.15, 0.2) is 0 Å². The standard InChI is InChI=1S/C17H14ClN5O/c1-10-15-13(11-3-5-12(18)6-4-11)9-14(24)21-16(15)23(22-10)17-19-7-2-8-20-17/h2-8,13H,9H2,1H3,(H,21,24). The molecule has 0 radical (unpaired) electrons. The second-order valence-electron chi connectivity index (χ2n) is 5.66. The Bertz CT molecular complexity index is 905. The summed E-state index contributed by atoms with van der Waals surface area (Å²) in [5.41, 5.74) is 2.87. The van der Waals surface area contributed by atoms with Crippen molar-refractivity contribution in [1.82, 2.24) is 19.7 Å². The van der Waals surface area contributed by atoms with E-state index in [0.29, 0.717) is 23.2 Å². The van der Waals surface area contributed by atoms with Gasteiger partial charge in [-0.25, -0.2) is 9.97 Å². The van der Waals surface area contributed by atoms with Gasteiger partial charge in [0.1, 0.15) is 5.82 Å². The molecule has 0 fully saturated rings. The minimum absolute atomic E-state index is 0.0560. The number of halogens is 1. The lowest BCUT2D eigenvalue weighted by molar-refractivity contribution is -0.116. The van der Waals surface area contributed by atoms with Gasteiger partial charge in [-0.3, -0.25) is 4.79 Å². The number of carbonyl (C=O) groups is 1. The van der Waals surface area contributed by atoms with Crippen LogP contribution >= 0.6 is 11.6 Å². The topological polar surface area (TPSA) is 72.7 Å². The fourth-order valence-electron chi connectivity index (χ4n) is 3.07. The molecule has 2 aromatic heterocycles. The number of fused-ring (bicyclic) bond motifs is 1. The highest BCUT2D eigenvalue weighted by molar-refractivity contribution is 6.30. The largest absolute Gasteiger partial charge is 0.310 e. The number of anilines is 1. The molecular formula is C17H14ClN5O. The number of aryl methyl sites for hydroxylation is 1. The molecular weight excluding hydrogens is 326 g/mol. The van der Waals surface area contributed by atoms with E-state index in [0.717, 1.165) is 16.8 Å². The highest BCUT2D eigenvalue weighted by Gasteiger charge is 2.33. The number of benzene rings is 1. The summed E-state index contributed by atoms with van der Waals surface area (Å²) in [5, 5.41) is 8.13. The van der Waals surface area contributed by atoms with Gasteiger partial charge >= 0.3 is 0 Å². The zero-order valence-electron chi connectivity index (χ0n) is 12.9. The molecule has 1 unspecified atom stereocenters. The number of nitrogens with zero attached hydrogens (tertiary/aromatic N) is 4. The van der Waals surface area contributed by atoms with Gasteiger partial charge in [-0.2, -0.15) is 9.78 Å². The minimum Gasteiger partial charge on any atom is -0.310 e. The highest BCUT2D eigenvalue weighted by Crippen LogP contribution is 2.39. The fourth-order valence-corrected chi connectivity index (χ4v) is 3.20. The maximum absolute atomic E-state index is 12.3. The molecule has 1 atom stereocenters. The van der Waals surface area contributed by atoms with Crippen LogP contribution in [0.1, 0.15) is 29.2 Å². The van der Waals surface area contributed by atoms with E-state index in [-0.39, 0.29) is 11.8 Å². The van der Waals surface area contributed by atoms with E-state index in [4.69, 9.17) is 11.6 Å². The Morgan fingerprint density at radius 1 is 1.21 bits per heavy atom. The lowest BCUT2D eigenvalue weighted by atomic mass is 9.86. The van der Waals surface area contributed by atoms with Gasteiger partial charge in [0, 0.05) is 35.3 Å². The number of hydrogen-bond donors (Lipinski definition) is 1. The SMILES string of the molecule is Cc1nn(-c2ncccn2)c2c1C(c1ccc(Cl)cc1)CC(=O)N2. The van der Waals surface area contributed by atoms with E-state index in [9.17, 15) is 4.79 Å². The summed E-state index contributed by atoms with van der Waals surface area (Å²) in [4.78, 5) is 20.7. The van der Waals surface area contributed by atoms with Crippen LogP contribution in [-0.4, -0.2) is 25.7 Å². The van der Waals surface area contributed by atoms with Crippen LogP contribution in [0.4, 0.5) is 5.82 Å². The van der Waals surface area contributed by atoms with Crippen LogP contribution in [0, 0.1) is 6.92 Å². The first-order valence-corrected chi connectivity index (χ1v) is 7.93. The molecule has 0 saturated heterocycles. The van der Waals surface area contributed by atoms with Crippen LogP contribution in [0.15, 0.2) is 42.7 Å². The third kappa shape index (κ3) is 2.45. The van der Waals surface area contributed by atoms with E-state index < -0.39 is 0 Å². The van der Waals surface area contributed by atoms with Crippen LogP contribution in [-0.2, 0) is 4.79 Å². The molecule has 1 N–H and O–H groups in total. The van der Waals surface area contributed by atoms with Gasteiger partial charge in [-0.05, 0) is 30.7 Å². The monoisotopic (exact) mass is 339 g/mol. The third-order valence-corrected chi connectivity index (χ3v) is 4.37. The second kappa shape index (κ2) is 5.72. The average molecular weight is 340 g/mol. The normalized spacial score (nSPS) is 16.6. The summed E-state index contributed by atoms with van der Waals surface area (Å²) >= 11 is 5.98. The predicted molar refractivity (Wildman–Crippen MR) is 90.4 cm³/mol. The highest BCUT2D eigenvalue weighted by atomic mass is 35.5. The summed E-state index contributed by atoms with van der Waals surface area (Å²) in [6.07, 6.45) is 3.66. The molecule has 0 aliphatic carbocycles. The van der Waals surface area contributed by atoms with E-state index >= 15 is 0 Å². The Labute approximate surface area is 143 Å². The Morgan fingerprint density at radius 3 is 2.62 bits per heavy atom. The van der Waals surface area contributed by atoms with Crippen molar-refractivity contribution in [3.63, 3.8) is 0 Å². The van der Waals surface area contributed by atoms with Crippen LogP contribution < -0.4 is 5.32 Å². The molecule has 1 aliphatic heterocycles.